The summed E-state index contributed by atoms with van der Waals surface area (Å²) >= 11 is 13.4. The lowest BCUT2D eigenvalue weighted by molar-refractivity contribution is -0.132. The van der Waals surface area contributed by atoms with Crippen molar-refractivity contribution in [2.75, 3.05) is 4.90 Å². The zero-order chi connectivity index (χ0) is 29.4. The molecule has 1 N–H and O–H groups in total. The number of aliphatic hydroxyl groups is 1. The van der Waals surface area contributed by atoms with Crippen molar-refractivity contribution >= 4 is 62.9 Å². The van der Waals surface area contributed by atoms with Crippen molar-refractivity contribution in [3.63, 3.8) is 0 Å². The number of thiazole rings is 1. The number of nitrogens with zero attached hydrogens (tertiary/aromatic N) is 2. The van der Waals surface area contributed by atoms with E-state index in [1.807, 2.05) is 31.2 Å². The molecule has 1 aromatic heterocycles. The van der Waals surface area contributed by atoms with Gasteiger partial charge in [-0.05, 0) is 66.9 Å². The van der Waals surface area contributed by atoms with E-state index in [-0.39, 0.29) is 32.3 Å². The van der Waals surface area contributed by atoms with Gasteiger partial charge in [-0.2, -0.15) is 0 Å². The second kappa shape index (κ2) is 11.5. The average Bonchev–Trinajstić information content (AvgIpc) is 3.46. The van der Waals surface area contributed by atoms with Gasteiger partial charge < -0.3 is 9.84 Å². The molecule has 0 spiro atoms. The maximum atomic E-state index is 13.4. The third-order valence-electron chi connectivity index (χ3n) is 6.80. The molecule has 1 atom stereocenters. The third kappa shape index (κ3) is 5.51. The van der Waals surface area contributed by atoms with E-state index in [2.05, 4.69) is 4.98 Å². The molecule has 0 bridgehead atoms. The van der Waals surface area contributed by atoms with Crippen LogP contribution in [-0.4, -0.2) is 27.6 Å². The van der Waals surface area contributed by atoms with Crippen LogP contribution in [0.5, 0.6) is 5.75 Å². The largest absolute Gasteiger partial charge is 0.507 e. The maximum absolute atomic E-state index is 13.4. The van der Waals surface area contributed by atoms with E-state index < -0.39 is 17.7 Å². The first kappa shape index (κ1) is 28.5. The molecule has 10 heteroatoms. The molecular formula is C31H24Cl2N2O5S. The van der Waals surface area contributed by atoms with Crippen molar-refractivity contribution < 1.29 is 24.2 Å². The molecule has 41 heavy (non-hydrogen) atoms. The van der Waals surface area contributed by atoms with E-state index >= 15 is 0 Å². The molecule has 5 rings (SSSR count). The molecule has 1 saturated heterocycles. The van der Waals surface area contributed by atoms with Gasteiger partial charge in [-0.3, -0.25) is 19.3 Å². The van der Waals surface area contributed by atoms with Crippen LogP contribution >= 0.6 is 34.5 Å². The summed E-state index contributed by atoms with van der Waals surface area (Å²) in [5, 5.41) is 12.1. The number of ether oxygens (including phenoxy) is 1. The smallest absolute Gasteiger partial charge is 0.301 e. The number of halogens is 2. The minimum Gasteiger partial charge on any atom is -0.507 e. The summed E-state index contributed by atoms with van der Waals surface area (Å²) in [6.07, 6.45) is 0. The van der Waals surface area contributed by atoms with Gasteiger partial charge in [0, 0.05) is 12.5 Å². The van der Waals surface area contributed by atoms with E-state index in [1.54, 1.807) is 43.3 Å². The fourth-order valence-electron chi connectivity index (χ4n) is 4.64. The first-order valence-electron chi connectivity index (χ1n) is 12.6. The van der Waals surface area contributed by atoms with Crippen molar-refractivity contribution in [3.8, 4) is 5.75 Å². The summed E-state index contributed by atoms with van der Waals surface area (Å²) in [5.41, 5.74) is 3.21. The number of aryl methyl sites for hydroxylation is 2. The fraction of sp³-hybridized carbons (Fsp3) is 0.161. The highest BCUT2D eigenvalue weighted by atomic mass is 35.5. The number of aromatic nitrogens is 1. The Kier molecular flexibility index (Phi) is 8.00. The van der Waals surface area contributed by atoms with Gasteiger partial charge >= 0.3 is 5.91 Å². The molecule has 1 aliphatic heterocycles. The summed E-state index contributed by atoms with van der Waals surface area (Å²) < 4.78 is 5.91. The molecule has 4 aromatic rings. The molecule has 7 nitrogen and oxygen atoms in total. The number of carbonyl (C=O) groups excluding carboxylic acids is 3. The molecular weight excluding hydrogens is 583 g/mol. The first-order valence-corrected chi connectivity index (χ1v) is 14.2. The van der Waals surface area contributed by atoms with Gasteiger partial charge in [-0.1, -0.05) is 64.9 Å². The number of benzene rings is 3. The zero-order valence-electron chi connectivity index (χ0n) is 22.3. The number of rotatable bonds is 7. The van der Waals surface area contributed by atoms with Crippen LogP contribution in [0.15, 0.2) is 72.3 Å². The highest BCUT2D eigenvalue weighted by Gasteiger charge is 2.48. The van der Waals surface area contributed by atoms with E-state index in [0.29, 0.717) is 34.1 Å². The predicted octanol–water partition coefficient (Wildman–Crippen LogP) is 7.47. The normalized spacial score (nSPS) is 16.3. The van der Waals surface area contributed by atoms with Gasteiger partial charge in [0.15, 0.2) is 10.9 Å². The van der Waals surface area contributed by atoms with Crippen molar-refractivity contribution in [1.29, 1.82) is 0 Å². The number of hydrogen-bond acceptors (Lipinski definition) is 7. The maximum Gasteiger partial charge on any atom is 0.301 e. The standard InChI is InChI=1S/C31H24Cl2N2O5S/c1-16-6-4-5-7-21(16)15-40-22-11-8-19(9-12-22)27(37)25-26(20-10-13-23(32)24(33)14-20)35(30(39)28(25)38)31-34-17(2)29(41-31)18(3)36/h4-14,26,37H,15H2,1-3H3/b27-25+. The van der Waals surface area contributed by atoms with Gasteiger partial charge in [0.25, 0.3) is 5.78 Å². The first-order chi connectivity index (χ1) is 19.6. The van der Waals surface area contributed by atoms with E-state index in [0.717, 1.165) is 22.5 Å². The molecule has 208 valence electrons. The van der Waals surface area contributed by atoms with Gasteiger partial charge in [0.2, 0.25) is 0 Å². The molecule has 0 saturated carbocycles. The molecule has 0 radical (unpaired) electrons. The molecule has 1 unspecified atom stereocenters. The minimum atomic E-state index is -1.06. The number of Topliss-reactive ketones (excluding diaryl/α,β-unsaturated/α-hetero) is 2. The lowest BCUT2D eigenvalue weighted by atomic mass is 9.95. The Bertz CT molecular complexity index is 1730. The van der Waals surface area contributed by atoms with Crippen LogP contribution < -0.4 is 9.64 Å². The fourth-order valence-corrected chi connectivity index (χ4v) is 5.93. The van der Waals surface area contributed by atoms with E-state index in [1.165, 1.54) is 17.9 Å². The van der Waals surface area contributed by atoms with Crippen molar-refractivity contribution in [1.82, 2.24) is 4.98 Å². The summed E-state index contributed by atoms with van der Waals surface area (Å²) in [6.45, 7) is 5.44. The summed E-state index contributed by atoms with van der Waals surface area (Å²) in [4.78, 5) is 44.9. The number of anilines is 1. The van der Waals surface area contributed by atoms with Crippen molar-refractivity contribution in [2.24, 2.45) is 0 Å². The van der Waals surface area contributed by atoms with Crippen molar-refractivity contribution in [2.45, 2.75) is 33.4 Å². The lowest BCUT2D eigenvalue weighted by Crippen LogP contribution is -2.29. The van der Waals surface area contributed by atoms with Gasteiger partial charge in [-0.25, -0.2) is 4.98 Å². The Morgan fingerprint density at radius 3 is 2.37 bits per heavy atom. The van der Waals surface area contributed by atoms with Gasteiger partial charge in [0.05, 0.1) is 32.2 Å². The molecule has 1 amide bonds. The second-order valence-electron chi connectivity index (χ2n) is 9.55. The Morgan fingerprint density at radius 2 is 1.73 bits per heavy atom. The van der Waals surface area contributed by atoms with Crippen LogP contribution in [0.2, 0.25) is 10.0 Å². The molecule has 0 aliphatic carbocycles. The Morgan fingerprint density at radius 1 is 1.02 bits per heavy atom. The summed E-state index contributed by atoms with van der Waals surface area (Å²) in [6, 6.07) is 18.1. The average molecular weight is 608 g/mol. The lowest BCUT2D eigenvalue weighted by Gasteiger charge is -2.23. The number of amides is 1. The molecule has 3 aromatic carbocycles. The van der Waals surface area contributed by atoms with Gasteiger partial charge in [0.1, 0.15) is 18.1 Å². The molecule has 2 heterocycles. The predicted molar refractivity (Wildman–Crippen MR) is 160 cm³/mol. The second-order valence-corrected chi connectivity index (χ2v) is 11.3. The van der Waals surface area contributed by atoms with E-state index in [4.69, 9.17) is 27.9 Å². The van der Waals surface area contributed by atoms with Gasteiger partial charge in [-0.15, -0.1) is 0 Å². The van der Waals surface area contributed by atoms with Crippen LogP contribution in [0.4, 0.5) is 5.13 Å². The minimum absolute atomic E-state index is 0.140. The SMILES string of the molecule is CC(=O)c1sc(N2C(=O)C(=O)/C(=C(/O)c3ccc(OCc4ccccc4C)cc3)C2c2ccc(Cl)c(Cl)c2)nc1C. The number of ketones is 2. The topological polar surface area (TPSA) is 96.8 Å². The number of hydrogen-bond donors (Lipinski definition) is 1. The Labute approximate surface area is 250 Å². The molecule has 1 aliphatic rings. The Balaban J connectivity index is 1.55. The van der Waals surface area contributed by atoms with Crippen molar-refractivity contribution in [3.05, 3.63) is 115 Å². The molecule has 1 fully saturated rings. The summed E-state index contributed by atoms with van der Waals surface area (Å²) in [7, 11) is 0. The highest BCUT2D eigenvalue weighted by molar-refractivity contribution is 7.18. The van der Waals surface area contributed by atoms with Crippen LogP contribution in [0.25, 0.3) is 5.76 Å². The van der Waals surface area contributed by atoms with Crippen LogP contribution in [0, 0.1) is 13.8 Å². The number of aliphatic hydroxyl groups excluding tert-OH is 1. The van der Waals surface area contributed by atoms with E-state index in [9.17, 15) is 19.5 Å². The number of carbonyl (C=O) groups is 3. The Hall–Kier alpha value is -3.98. The summed E-state index contributed by atoms with van der Waals surface area (Å²) in [5.74, 6) is -1.78. The van der Waals surface area contributed by atoms with Crippen LogP contribution in [-0.2, 0) is 16.2 Å². The third-order valence-corrected chi connectivity index (χ3v) is 8.79. The monoisotopic (exact) mass is 606 g/mol. The quantitative estimate of drug-likeness (QED) is 0.101. The zero-order valence-corrected chi connectivity index (χ0v) is 24.6. The van der Waals surface area contributed by atoms with Crippen LogP contribution in [0.1, 0.15) is 50.6 Å². The van der Waals surface area contributed by atoms with Crippen LogP contribution in [0.3, 0.4) is 0 Å². The highest BCUT2D eigenvalue weighted by Crippen LogP contribution is 2.45.